The third-order valence-corrected chi connectivity index (χ3v) is 3.56. The van der Waals surface area contributed by atoms with Crippen LogP contribution in [-0.4, -0.2) is 37.0 Å². The molecule has 4 heteroatoms. The predicted octanol–water partition coefficient (Wildman–Crippen LogP) is 0.501. The molecule has 1 aliphatic heterocycles. The van der Waals surface area contributed by atoms with Crippen molar-refractivity contribution < 1.29 is 4.79 Å². The summed E-state index contributed by atoms with van der Waals surface area (Å²) in [5.74, 6) is 0.0690. The average Bonchev–Trinajstić information content (AvgIpc) is 3.09. The fourth-order valence-electron chi connectivity index (χ4n) is 2.17. The van der Waals surface area contributed by atoms with Gasteiger partial charge in [0.25, 0.3) is 0 Å². The van der Waals surface area contributed by atoms with Gasteiger partial charge < -0.3 is 10.2 Å². The Kier molecular flexibility index (Phi) is 2.66. The van der Waals surface area contributed by atoms with Gasteiger partial charge in [-0.1, -0.05) is 0 Å². The van der Waals surface area contributed by atoms with Gasteiger partial charge in [0.1, 0.15) is 5.41 Å². The van der Waals surface area contributed by atoms with Gasteiger partial charge in [-0.05, 0) is 32.7 Å². The van der Waals surface area contributed by atoms with Crippen LogP contribution in [0.2, 0.25) is 0 Å². The monoisotopic (exact) mass is 207 g/mol. The molecule has 1 saturated heterocycles. The quantitative estimate of drug-likeness (QED) is 0.717. The first-order valence-corrected chi connectivity index (χ1v) is 5.60. The topological polar surface area (TPSA) is 56.1 Å². The molecule has 0 aromatic heterocycles. The number of amides is 1. The van der Waals surface area contributed by atoms with Gasteiger partial charge in [0, 0.05) is 19.1 Å². The van der Waals surface area contributed by atoms with E-state index >= 15 is 0 Å². The van der Waals surface area contributed by atoms with Gasteiger partial charge in [0.15, 0.2) is 0 Å². The SMILES string of the molecule is CNC1CCN(C(=O)C2(C#N)CC2)CC1. The first kappa shape index (κ1) is 10.4. The number of piperidine rings is 1. The number of carbonyl (C=O) groups excluding carboxylic acids is 1. The second-order valence-corrected chi connectivity index (χ2v) is 4.55. The fraction of sp³-hybridized carbons (Fsp3) is 0.818. The van der Waals surface area contributed by atoms with Crippen molar-refractivity contribution >= 4 is 5.91 Å². The van der Waals surface area contributed by atoms with Gasteiger partial charge in [-0.15, -0.1) is 0 Å². The molecular weight excluding hydrogens is 190 g/mol. The zero-order valence-electron chi connectivity index (χ0n) is 9.12. The van der Waals surface area contributed by atoms with E-state index in [4.69, 9.17) is 5.26 Å². The maximum atomic E-state index is 12.0. The van der Waals surface area contributed by atoms with E-state index < -0.39 is 5.41 Å². The molecule has 1 aliphatic carbocycles. The summed E-state index contributed by atoms with van der Waals surface area (Å²) < 4.78 is 0. The van der Waals surface area contributed by atoms with Crippen molar-refractivity contribution in [1.29, 1.82) is 5.26 Å². The van der Waals surface area contributed by atoms with Crippen molar-refractivity contribution in [3.05, 3.63) is 0 Å². The normalized spacial score (nSPS) is 24.7. The Morgan fingerprint density at radius 2 is 2.07 bits per heavy atom. The van der Waals surface area contributed by atoms with Crippen molar-refractivity contribution in [3.8, 4) is 6.07 Å². The molecule has 0 aromatic carbocycles. The predicted molar refractivity (Wildman–Crippen MR) is 55.9 cm³/mol. The Bertz CT molecular complexity index is 295. The Hall–Kier alpha value is -1.08. The highest BCUT2D eigenvalue weighted by Gasteiger charge is 2.52. The highest BCUT2D eigenvalue weighted by molar-refractivity contribution is 5.88. The molecule has 0 bridgehead atoms. The minimum absolute atomic E-state index is 0.0690. The number of hydrogen-bond donors (Lipinski definition) is 1. The number of rotatable bonds is 2. The Balaban J connectivity index is 1.91. The second kappa shape index (κ2) is 3.82. The van der Waals surface area contributed by atoms with Gasteiger partial charge in [-0.25, -0.2) is 0 Å². The summed E-state index contributed by atoms with van der Waals surface area (Å²) in [4.78, 5) is 13.9. The molecule has 2 aliphatic rings. The van der Waals surface area contributed by atoms with Crippen molar-refractivity contribution in [2.24, 2.45) is 5.41 Å². The molecule has 1 N–H and O–H groups in total. The molecule has 2 fully saturated rings. The lowest BCUT2D eigenvalue weighted by atomic mass is 10.0. The summed E-state index contributed by atoms with van der Waals surface area (Å²) >= 11 is 0. The van der Waals surface area contributed by atoms with E-state index in [2.05, 4.69) is 11.4 Å². The van der Waals surface area contributed by atoms with Crippen LogP contribution in [0.3, 0.4) is 0 Å². The number of nitrogens with zero attached hydrogens (tertiary/aromatic N) is 2. The maximum absolute atomic E-state index is 12.0. The Morgan fingerprint density at radius 1 is 1.47 bits per heavy atom. The lowest BCUT2D eigenvalue weighted by Gasteiger charge is -2.32. The summed E-state index contributed by atoms with van der Waals surface area (Å²) in [6.45, 7) is 1.60. The van der Waals surface area contributed by atoms with Crippen molar-refractivity contribution in [3.63, 3.8) is 0 Å². The summed E-state index contributed by atoms with van der Waals surface area (Å²) in [5, 5.41) is 12.2. The molecular formula is C11H17N3O. The lowest BCUT2D eigenvalue weighted by Crippen LogP contribution is -2.46. The van der Waals surface area contributed by atoms with E-state index in [9.17, 15) is 4.79 Å². The average molecular weight is 207 g/mol. The van der Waals surface area contributed by atoms with Crippen molar-refractivity contribution in [2.45, 2.75) is 31.7 Å². The van der Waals surface area contributed by atoms with E-state index in [1.54, 1.807) is 0 Å². The number of nitrogens with one attached hydrogen (secondary N) is 1. The minimum atomic E-state index is -0.632. The molecule has 0 radical (unpaired) electrons. The molecule has 82 valence electrons. The van der Waals surface area contributed by atoms with Crippen molar-refractivity contribution in [2.75, 3.05) is 20.1 Å². The minimum Gasteiger partial charge on any atom is -0.341 e. The standard InChI is InChI=1S/C11H17N3O/c1-13-9-2-6-14(7-3-9)10(15)11(8-12)4-5-11/h9,13H,2-7H2,1H3. The van der Waals surface area contributed by atoms with Crippen LogP contribution < -0.4 is 5.32 Å². The van der Waals surface area contributed by atoms with E-state index in [0.29, 0.717) is 6.04 Å². The summed E-state index contributed by atoms with van der Waals surface area (Å²) in [5.41, 5.74) is -0.632. The van der Waals surface area contributed by atoms with E-state index in [-0.39, 0.29) is 5.91 Å². The lowest BCUT2D eigenvalue weighted by molar-refractivity contribution is -0.136. The van der Waals surface area contributed by atoms with Crippen LogP contribution in [0.4, 0.5) is 0 Å². The fourth-order valence-corrected chi connectivity index (χ4v) is 2.17. The smallest absolute Gasteiger partial charge is 0.243 e. The van der Waals surface area contributed by atoms with Gasteiger partial charge in [0.05, 0.1) is 6.07 Å². The molecule has 15 heavy (non-hydrogen) atoms. The largest absolute Gasteiger partial charge is 0.341 e. The third-order valence-electron chi connectivity index (χ3n) is 3.56. The van der Waals surface area contributed by atoms with E-state index in [1.807, 2.05) is 11.9 Å². The molecule has 1 saturated carbocycles. The molecule has 1 amide bonds. The van der Waals surface area contributed by atoms with Gasteiger partial charge in [-0.3, -0.25) is 4.79 Å². The number of nitriles is 1. The number of carbonyl (C=O) groups is 1. The van der Waals surface area contributed by atoms with Gasteiger partial charge in [0.2, 0.25) is 5.91 Å². The Labute approximate surface area is 90.2 Å². The van der Waals surface area contributed by atoms with Crippen LogP contribution >= 0.6 is 0 Å². The number of likely N-dealkylation sites (tertiary alicyclic amines) is 1. The molecule has 0 atom stereocenters. The van der Waals surface area contributed by atoms with Crippen LogP contribution in [-0.2, 0) is 4.79 Å². The van der Waals surface area contributed by atoms with Crippen LogP contribution in [0.15, 0.2) is 0 Å². The van der Waals surface area contributed by atoms with Gasteiger partial charge >= 0.3 is 0 Å². The van der Waals surface area contributed by atoms with Crippen molar-refractivity contribution in [1.82, 2.24) is 10.2 Å². The zero-order valence-corrected chi connectivity index (χ0v) is 9.12. The third kappa shape index (κ3) is 1.84. The second-order valence-electron chi connectivity index (χ2n) is 4.55. The van der Waals surface area contributed by atoms with Crippen LogP contribution in [0.1, 0.15) is 25.7 Å². The van der Waals surface area contributed by atoms with E-state index in [0.717, 1.165) is 38.8 Å². The molecule has 0 aromatic rings. The Morgan fingerprint density at radius 3 is 2.47 bits per heavy atom. The summed E-state index contributed by atoms with van der Waals surface area (Å²) in [7, 11) is 1.96. The van der Waals surface area contributed by atoms with E-state index in [1.165, 1.54) is 0 Å². The zero-order chi connectivity index (χ0) is 10.9. The molecule has 0 unspecified atom stereocenters. The van der Waals surface area contributed by atoms with Crippen LogP contribution in [0.25, 0.3) is 0 Å². The molecule has 2 rings (SSSR count). The molecule has 1 heterocycles. The summed E-state index contributed by atoms with van der Waals surface area (Å²) in [6.07, 6.45) is 3.52. The first-order chi connectivity index (χ1) is 7.22. The number of hydrogen-bond acceptors (Lipinski definition) is 3. The highest BCUT2D eigenvalue weighted by Crippen LogP contribution is 2.46. The highest BCUT2D eigenvalue weighted by atomic mass is 16.2. The van der Waals surface area contributed by atoms with Crippen LogP contribution in [0, 0.1) is 16.7 Å². The van der Waals surface area contributed by atoms with Gasteiger partial charge in [-0.2, -0.15) is 5.26 Å². The molecule has 0 spiro atoms. The van der Waals surface area contributed by atoms with Crippen LogP contribution in [0.5, 0.6) is 0 Å². The summed E-state index contributed by atoms with van der Waals surface area (Å²) in [6, 6.07) is 2.70. The first-order valence-electron chi connectivity index (χ1n) is 5.60. The maximum Gasteiger partial charge on any atom is 0.243 e. The molecule has 4 nitrogen and oxygen atoms in total.